The highest BCUT2D eigenvalue weighted by Crippen LogP contribution is 2.56. The third-order valence-corrected chi connectivity index (χ3v) is 20.2. The van der Waals surface area contributed by atoms with Crippen LogP contribution in [0.1, 0.15) is 186 Å². The van der Waals surface area contributed by atoms with Crippen LogP contribution in [0.25, 0.3) is 44.2 Å². The van der Waals surface area contributed by atoms with E-state index in [1.807, 2.05) is 0 Å². The molecule has 376 valence electrons. The molecule has 0 radical (unpaired) electrons. The summed E-state index contributed by atoms with van der Waals surface area (Å²) in [6.07, 6.45) is 7.00. The Kier molecular flexibility index (Phi) is 9.88. The summed E-state index contributed by atoms with van der Waals surface area (Å²) in [6, 6.07) is 43.0. The van der Waals surface area contributed by atoms with Crippen molar-refractivity contribution in [3.63, 3.8) is 0 Å². The molecule has 0 saturated heterocycles. The Bertz CT molecular complexity index is 3740. The van der Waals surface area contributed by atoms with Crippen molar-refractivity contribution < 1.29 is 4.42 Å². The van der Waals surface area contributed by atoms with Gasteiger partial charge in [-0.25, -0.2) is 0 Å². The van der Waals surface area contributed by atoms with E-state index in [2.05, 4.69) is 223 Å². The maximum absolute atomic E-state index is 7.19. The second kappa shape index (κ2) is 15.3. The Morgan fingerprint density at radius 3 is 1.69 bits per heavy atom. The van der Waals surface area contributed by atoms with Gasteiger partial charge in [-0.2, -0.15) is 0 Å². The number of benzene rings is 7. The molecule has 4 aliphatic carbocycles. The fraction of sp³-hybridized carbons (Fsp3) is 0.400. The first-order valence-electron chi connectivity index (χ1n) is 28.1. The fourth-order valence-corrected chi connectivity index (χ4v) is 15.2. The van der Waals surface area contributed by atoms with Crippen molar-refractivity contribution in [3.8, 4) is 22.3 Å². The molecule has 74 heavy (non-hydrogen) atoms. The molecule has 8 aromatic rings. The molecule has 5 aliphatic rings. The van der Waals surface area contributed by atoms with Crippen LogP contribution in [0.15, 0.2) is 114 Å². The van der Waals surface area contributed by atoms with Gasteiger partial charge in [0.1, 0.15) is 11.2 Å². The number of nitrogens with one attached hydrogen (secondary N) is 1. The molecule has 1 N–H and O–H groups in total. The van der Waals surface area contributed by atoms with E-state index in [9.17, 15) is 0 Å². The maximum Gasteiger partial charge on any atom is 0.199 e. The van der Waals surface area contributed by atoms with Crippen LogP contribution in [0, 0.1) is 6.92 Å². The summed E-state index contributed by atoms with van der Waals surface area (Å²) in [5.74, 6) is 0. The van der Waals surface area contributed by atoms with Crippen molar-refractivity contribution in [2.75, 3.05) is 10.2 Å². The number of aryl methyl sites for hydroxylation is 1. The number of hydrogen-bond donors (Lipinski definition) is 1. The van der Waals surface area contributed by atoms with E-state index in [1.54, 1.807) is 0 Å². The Morgan fingerprint density at radius 2 is 1.01 bits per heavy atom. The van der Waals surface area contributed by atoms with E-state index in [1.165, 1.54) is 136 Å². The van der Waals surface area contributed by atoms with Gasteiger partial charge < -0.3 is 14.6 Å². The highest BCUT2D eigenvalue weighted by Gasteiger charge is 2.45. The topological polar surface area (TPSA) is 28.4 Å². The molecule has 0 amide bonds. The van der Waals surface area contributed by atoms with Crippen LogP contribution in [0.4, 0.5) is 28.4 Å². The van der Waals surface area contributed by atoms with Crippen LogP contribution in [0.5, 0.6) is 0 Å². The normalized spacial score (nSPS) is 20.3. The average molecular weight is 973 g/mol. The molecule has 0 unspecified atom stereocenters. The molecule has 2 heterocycles. The van der Waals surface area contributed by atoms with Gasteiger partial charge in [-0.05, 0) is 193 Å². The van der Waals surface area contributed by atoms with Gasteiger partial charge in [0, 0.05) is 56.3 Å². The first-order valence-corrected chi connectivity index (χ1v) is 28.1. The molecule has 0 saturated carbocycles. The summed E-state index contributed by atoms with van der Waals surface area (Å²) in [5, 5.41) is 6.62. The summed E-state index contributed by atoms with van der Waals surface area (Å²) in [4.78, 5) is 2.68. The second-order valence-electron chi connectivity index (χ2n) is 28.2. The van der Waals surface area contributed by atoms with E-state index in [4.69, 9.17) is 4.42 Å². The molecule has 0 fully saturated rings. The van der Waals surface area contributed by atoms with Crippen LogP contribution in [0.2, 0.25) is 0 Å². The first-order chi connectivity index (χ1) is 34.8. The molecule has 0 bridgehead atoms. The molecule has 3 nitrogen and oxygen atoms in total. The van der Waals surface area contributed by atoms with Crippen molar-refractivity contribution in [3.05, 3.63) is 159 Å². The van der Waals surface area contributed by atoms with Gasteiger partial charge in [-0.3, -0.25) is 0 Å². The number of furan rings is 1. The van der Waals surface area contributed by atoms with Gasteiger partial charge >= 0.3 is 0 Å². The average Bonchev–Trinajstić information content (AvgIpc) is 3.86. The molecule has 0 spiro atoms. The van der Waals surface area contributed by atoms with Gasteiger partial charge in [0.25, 0.3) is 0 Å². The van der Waals surface area contributed by atoms with E-state index in [-0.39, 0.29) is 37.9 Å². The zero-order chi connectivity index (χ0) is 52.0. The Hall–Kier alpha value is -6.00. The Balaban J connectivity index is 1.16. The lowest BCUT2D eigenvalue weighted by Crippen LogP contribution is -2.45. The third kappa shape index (κ3) is 6.77. The second-order valence-corrected chi connectivity index (χ2v) is 28.2. The van der Waals surface area contributed by atoms with E-state index in [0.717, 1.165) is 43.4 Å². The van der Waals surface area contributed by atoms with E-state index >= 15 is 0 Å². The number of nitrogens with zero attached hydrogens (tertiary/aromatic N) is 1. The quantitative estimate of drug-likeness (QED) is 0.178. The largest absolute Gasteiger partial charge is 0.456 e. The van der Waals surface area contributed by atoms with Gasteiger partial charge in [-0.15, -0.1) is 0 Å². The minimum absolute atomic E-state index is 0.0118. The van der Waals surface area contributed by atoms with Crippen molar-refractivity contribution >= 4 is 68.6 Å². The minimum Gasteiger partial charge on any atom is -0.456 e. The molecule has 1 aromatic heterocycles. The lowest BCUT2D eigenvalue weighted by Gasteiger charge is -2.44. The maximum atomic E-state index is 7.19. The first kappa shape index (κ1) is 47.7. The summed E-state index contributed by atoms with van der Waals surface area (Å²) in [5.41, 5.74) is 29.1. The fourth-order valence-electron chi connectivity index (χ4n) is 15.2. The van der Waals surface area contributed by atoms with Crippen LogP contribution in [0.3, 0.4) is 0 Å². The van der Waals surface area contributed by atoms with E-state index < -0.39 is 0 Å². The standard InChI is InChI=1S/C70H77BN2O/c1-40-34-48-52(69(12,13)33-30-65(48,4)5)38-55(40)73-54-27-25-43-42-20-16-18-22-46(42)70(14,15)61(43)63(54)71-62-56(73)39-58-59(44-21-17-19-23-57(44)74-58)60(62)45-36-50-51(68(10,11)32-31-67(50,8)9)37-53(45)72-41-24-26-47-49(35-41)66(6,7)29-28-64(47,2)3/h16-27,34-39,71-72H,28-33H2,1-15H3. The van der Waals surface area contributed by atoms with Crippen molar-refractivity contribution in [1.29, 1.82) is 0 Å². The lowest BCUT2D eigenvalue weighted by atomic mass is 9.54. The van der Waals surface area contributed by atoms with Crippen molar-refractivity contribution in [1.82, 2.24) is 0 Å². The molecule has 7 aromatic carbocycles. The molecule has 0 atom stereocenters. The predicted molar refractivity (Wildman–Crippen MR) is 318 cm³/mol. The number of anilines is 5. The third-order valence-electron chi connectivity index (χ3n) is 20.2. The van der Waals surface area contributed by atoms with Gasteiger partial charge in [0.15, 0.2) is 7.28 Å². The SMILES string of the molecule is Cc1cc2c(cc1N1c3ccc4c(c3Bc3c1cc1oc5ccccc5c1c3-c1cc3c(cc1Nc1ccc5c(c1)C(C)(C)CCC5(C)C)C(C)(C)CCC3(C)C)C(C)(C)c1ccccc1-4)C(C)(C)CCC2(C)C. The number of rotatable bonds is 4. The highest BCUT2D eigenvalue weighted by atomic mass is 16.3. The highest BCUT2D eigenvalue weighted by molar-refractivity contribution is 6.74. The smallest absolute Gasteiger partial charge is 0.199 e. The van der Waals surface area contributed by atoms with Crippen LogP contribution >= 0.6 is 0 Å². The lowest BCUT2D eigenvalue weighted by molar-refractivity contribution is 0.332. The zero-order valence-electron chi connectivity index (χ0n) is 47.2. The molecular formula is C70H77BN2O. The van der Waals surface area contributed by atoms with Crippen LogP contribution < -0.4 is 21.1 Å². The number of hydrogen-bond acceptors (Lipinski definition) is 3. The summed E-state index contributed by atoms with van der Waals surface area (Å²) >= 11 is 0. The predicted octanol–water partition coefficient (Wildman–Crippen LogP) is 17.8. The van der Waals surface area contributed by atoms with E-state index in [0.29, 0.717) is 0 Å². The summed E-state index contributed by atoms with van der Waals surface area (Å²) in [7, 11) is 0.794. The van der Waals surface area contributed by atoms with Gasteiger partial charge in [0.2, 0.25) is 0 Å². The molecular weight excluding hydrogens is 896 g/mol. The van der Waals surface area contributed by atoms with Crippen molar-refractivity contribution in [2.45, 2.75) is 180 Å². The Labute approximate surface area is 442 Å². The summed E-state index contributed by atoms with van der Waals surface area (Å²) < 4.78 is 7.19. The van der Waals surface area contributed by atoms with Crippen molar-refractivity contribution in [2.24, 2.45) is 0 Å². The van der Waals surface area contributed by atoms with Gasteiger partial charge in [0.05, 0.1) is 0 Å². The van der Waals surface area contributed by atoms with Crippen LogP contribution in [-0.4, -0.2) is 7.28 Å². The summed E-state index contributed by atoms with van der Waals surface area (Å²) in [6.45, 7) is 36.8. The number of para-hydroxylation sites is 1. The minimum atomic E-state index is -0.201. The monoisotopic (exact) mass is 973 g/mol. The molecule has 1 aliphatic heterocycles. The Morgan fingerprint density at radius 1 is 0.446 bits per heavy atom. The van der Waals surface area contributed by atoms with Gasteiger partial charge in [-0.1, -0.05) is 163 Å². The zero-order valence-corrected chi connectivity index (χ0v) is 47.2. The number of fused-ring (bicyclic) bond motifs is 12. The molecule has 4 heteroatoms. The molecule has 13 rings (SSSR count). The van der Waals surface area contributed by atoms with Crippen LogP contribution in [-0.2, 0) is 37.9 Å².